The number of fused-ring (bicyclic) bond motifs is 1. The highest BCUT2D eigenvalue weighted by Gasteiger charge is 2.26. The summed E-state index contributed by atoms with van der Waals surface area (Å²) in [5.41, 5.74) is 3.24. The Labute approximate surface area is 141 Å². The summed E-state index contributed by atoms with van der Waals surface area (Å²) in [6.07, 6.45) is 2.83. The summed E-state index contributed by atoms with van der Waals surface area (Å²) < 4.78 is 5.18. The lowest BCUT2D eigenvalue weighted by atomic mass is 9.82. The third-order valence-electron chi connectivity index (χ3n) is 4.34. The molecule has 0 heterocycles. The predicted octanol–water partition coefficient (Wildman–Crippen LogP) is 2.97. The second kappa shape index (κ2) is 7.77. The molecular weight excluding hydrogens is 302 g/mol. The first-order chi connectivity index (χ1) is 11.7. The Balaban J connectivity index is 1.50. The van der Waals surface area contributed by atoms with Gasteiger partial charge in [-0.3, -0.25) is 9.59 Å². The van der Waals surface area contributed by atoms with Crippen LogP contribution in [0, 0.1) is 0 Å². The standard InChI is InChI=1S/C20H21NO3/c22-19(24-14-15-7-2-1-3-8-15)13-21-20(23)18-12-6-10-16-9-4-5-11-17(16)18/h1-5,7-9,11,18H,6,10,12-14H2,(H,21,23). The van der Waals surface area contributed by atoms with Crippen molar-refractivity contribution >= 4 is 11.9 Å². The summed E-state index contributed by atoms with van der Waals surface area (Å²) in [6, 6.07) is 17.5. The van der Waals surface area contributed by atoms with Gasteiger partial charge in [0.2, 0.25) is 5.91 Å². The molecule has 0 aromatic heterocycles. The summed E-state index contributed by atoms with van der Waals surface area (Å²) >= 11 is 0. The molecule has 1 unspecified atom stereocenters. The Kier molecular flexibility index (Phi) is 5.26. The van der Waals surface area contributed by atoms with Gasteiger partial charge in [-0.2, -0.15) is 0 Å². The van der Waals surface area contributed by atoms with E-state index in [9.17, 15) is 9.59 Å². The van der Waals surface area contributed by atoms with E-state index in [4.69, 9.17) is 4.74 Å². The fraction of sp³-hybridized carbons (Fsp3) is 0.300. The van der Waals surface area contributed by atoms with Gasteiger partial charge in [-0.1, -0.05) is 54.6 Å². The number of aryl methyl sites for hydroxylation is 1. The molecule has 0 saturated heterocycles. The van der Waals surface area contributed by atoms with Crippen LogP contribution in [0.4, 0.5) is 0 Å². The van der Waals surface area contributed by atoms with Crippen molar-refractivity contribution in [2.45, 2.75) is 31.8 Å². The molecule has 0 bridgehead atoms. The summed E-state index contributed by atoms with van der Waals surface area (Å²) in [5, 5.41) is 2.72. The average Bonchev–Trinajstić information content (AvgIpc) is 2.64. The van der Waals surface area contributed by atoms with Gasteiger partial charge < -0.3 is 10.1 Å². The fourth-order valence-electron chi connectivity index (χ4n) is 3.10. The van der Waals surface area contributed by atoms with Gasteiger partial charge in [-0.25, -0.2) is 0 Å². The lowest BCUT2D eigenvalue weighted by Gasteiger charge is -2.24. The molecule has 0 fully saturated rings. The van der Waals surface area contributed by atoms with Crippen LogP contribution in [-0.2, 0) is 27.4 Å². The summed E-state index contributed by atoms with van der Waals surface area (Å²) in [7, 11) is 0. The van der Waals surface area contributed by atoms with Crippen molar-refractivity contribution in [3.8, 4) is 0 Å². The molecule has 2 aromatic rings. The Morgan fingerprint density at radius 3 is 2.62 bits per heavy atom. The smallest absolute Gasteiger partial charge is 0.325 e. The molecule has 1 N–H and O–H groups in total. The van der Waals surface area contributed by atoms with Crippen LogP contribution in [0.3, 0.4) is 0 Å². The minimum Gasteiger partial charge on any atom is -0.460 e. The van der Waals surface area contributed by atoms with E-state index in [0.29, 0.717) is 0 Å². The lowest BCUT2D eigenvalue weighted by molar-refractivity contribution is -0.145. The molecule has 1 aliphatic rings. The highest BCUT2D eigenvalue weighted by Crippen LogP contribution is 2.31. The van der Waals surface area contributed by atoms with Gasteiger partial charge in [-0.15, -0.1) is 0 Å². The molecule has 4 heteroatoms. The number of carbonyl (C=O) groups is 2. The predicted molar refractivity (Wildman–Crippen MR) is 91.4 cm³/mol. The van der Waals surface area contributed by atoms with Gasteiger partial charge in [0.15, 0.2) is 0 Å². The number of carbonyl (C=O) groups excluding carboxylic acids is 2. The van der Waals surface area contributed by atoms with Gasteiger partial charge in [0, 0.05) is 0 Å². The number of nitrogens with one attached hydrogen (secondary N) is 1. The van der Waals surface area contributed by atoms with Crippen molar-refractivity contribution in [1.82, 2.24) is 5.32 Å². The van der Waals surface area contributed by atoms with E-state index in [-0.39, 0.29) is 25.0 Å². The zero-order valence-corrected chi connectivity index (χ0v) is 13.5. The van der Waals surface area contributed by atoms with E-state index in [0.717, 1.165) is 30.4 Å². The minimum atomic E-state index is -0.420. The van der Waals surface area contributed by atoms with Gasteiger partial charge >= 0.3 is 5.97 Å². The van der Waals surface area contributed by atoms with Crippen molar-refractivity contribution in [3.05, 3.63) is 71.3 Å². The van der Waals surface area contributed by atoms with Gasteiger partial charge in [0.1, 0.15) is 13.2 Å². The van der Waals surface area contributed by atoms with Crippen LogP contribution in [0.5, 0.6) is 0 Å². The van der Waals surface area contributed by atoms with Gasteiger partial charge in [0.05, 0.1) is 5.92 Å². The van der Waals surface area contributed by atoms with Crippen LogP contribution in [0.25, 0.3) is 0 Å². The summed E-state index contributed by atoms with van der Waals surface area (Å²) in [5.74, 6) is -0.688. The molecule has 0 aliphatic heterocycles. The van der Waals surface area contributed by atoms with Crippen LogP contribution in [0.2, 0.25) is 0 Å². The van der Waals surface area contributed by atoms with E-state index < -0.39 is 5.97 Å². The van der Waals surface area contributed by atoms with E-state index in [1.54, 1.807) is 0 Å². The summed E-state index contributed by atoms with van der Waals surface area (Å²) in [6.45, 7) is 0.131. The number of benzene rings is 2. The molecule has 1 aliphatic carbocycles. The molecule has 0 saturated carbocycles. The molecule has 0 radical (unpaired) electrons. The van der Waals surface area contributed by atoms with Crippen molar-refractivity contribution in [1.29, 1.82) is 0 Å². The molecule has 4 nitrogen and oxygen atoms in total. The zero-order chi connectivity index (χ0) is 16.8. The number of amides is 1. The maximum atomic E-state index is 12.4. The van der Waals surface area contributed by atoms with Crippen molar-refractivity contribution < 1.29 is 14.3 Å². The molecule has 124 valence electrons. The molecule has 3 rings (SSSR count). The minimum absolute atomic E-state index is 0.0929. The third-order valence-corrected chi connectivity index (χ3v) is 4.34. The Hall–Kier alpha value is -2.62. The molecule has 1 amide bonds. The maximum Gasteiger partial charge on any atom is 0.325 e. The van der Waals surface area contributed by atoms with Crippen LogP contribution in [-0.4, -0.2) is 18.4 Å². The fourth-order valence-corrected chi connectivity index (χ4v) is 3.10. The number of ether oxygens (including phenoxy) is 1. The second-order valence-electron chi connectivity index (χ2n) is 6.01. The van der Waals surface area contributed by atoms with Crippen LogP contribution in [0.1, 0.15) is 35.4 Å². The normalized spacial score (nSPS) is 16.1. The zero-order valence-electron chi connectivity index (χ0n) is 13.5. The van der Waals surface area contributed by atoms with Crippen LogP contribution < -0.4 is 5.32 Å². The Bertz CT molecular complexity index is 712. The number of esters is 1. The first-order valence-electron chi connectivity index (χ1n) is 8.29. The first-order valence-corrected chi connectivity index (χ1v) is 8.29. The topological polar surface area (TPSA) is 55.4 Å². The van der Waals surface area contributed by atoms with Crippen molar-refractivity contribution in [3.63, 3.8) is 0 Å². The Morgan fingerprint density at radius 2 is 1.79 bits per heavy atom. The number of hydrogen-bond acceptors (Lipinski definition) is 3. The highest BCUT2D eigenvalue weighted by molar-refractivity contribution is 5.87. The molecule has 2 aromatic carbocycles. The molecular formula is C20H21NO3. The monoisotopic (exact) mass is 323 g/mol. The summed E-state index contributed by atoms with van der Waals surface area (Å²) in [4.78, 5) is 24.2. The highest BCUT2D eigenvalue weighted by atomic mass is 16.5. The Morgan fingerprint density at radius 1 is 1.04 bits per heavy atom. The average molecular weight is 323 g/mol. The maximum absolute atomic E-state index is 12.4. The third kappa shape index (κ3) is 4.02. The number of hydrogen-bond donors (Lipinski definition) is 1. The SMILES string of the molecule is O=C(CNC(=O)C1CCCc2ccccc21)OCc1ccccc1. The largest absolute Gasteiger partial charge is 0.460 e. The van der Waals surface area contributed by atoms with E-state index >= 15 is 0 Å². The molecule has 24 heavy (non-hydrogen) atoms. The quantitative estimate of drug-likeness (QED) is 0.861. The first kappa shape index (κ1) is 16.2. The molecule has 0 spiro atoms. The molecule has 1 atom stereocenters. The van der Waals surface area contributed by atoms with Crippen LogP contribution in [0.15, 0.2) is 54.6 Å². The number of rotatable bonds is 5. The van der Waals surface area contributed by atoms with Gasteiger partial charge in [0.25, 0.3) is 0 Å². The van der Waals surface area contributed by atoms with Crippen LogP contribution >= 0.6 is 0 Å². The van der Waals surface area contributed by atoms with E-state index in [1.807, 2.05) is 48.5 Å². The van der Waals surface area contributed by atoms with Crippen molar-refractivity contribution in [2.24, 2.45) is 0 Å². The van der Waals surface area contributed by atoms with E-state index in [1.165, 1.54) is 5.56 Å². The van der Waals surface area contributed by atoms with Gasteiger partial charge in [-0.05, 0) is 36.0 Å². The lowest BCUT2D eigenvalue weighted by Crippen LogP contribution is -2.35. The second-order valence-corrected chi connectivity index (χ2v) is 6.01. The van der Waals surface area contributed by atoms with E-state index in [2.05, 4.69) is 11.4 Å². The van der Waals surface area contributed by atoms with Crippen molar-refractivity contribution in [2.75, 3.05) is 6.54 Å².